The minimum Gasteiger partial charge on any atom is -0.267 e. The quantitative estimate of drug-likeness (QED) is 0.659. The molecule has 0 aliphatic carbocycles. The second-order valence-corrected chi connectivity index (χ2v) is 6.80. The highest BCUT2D eigenvalue weighted by molar-refractivity contribution is 8.26. The Hall–Kier alpha value is -2.22. The van der Waals surface area contributed by atoms with Crippen LogP contribution in [0.5, 0.6) is 0 Å². The standard InChI is InChI=1S/C16H10ClN3O2S2/c17-12-4-2-1-3-11(12)14(21)19-20-15(22)13(24-16(20)23)9-10-5-7-18-8-6-10/h1-9H,(H,19,21)/b13-9-. The molecule has 0 saturated carbocycles. The first-order valence-corrected chi connectivity index (χ1v) is 8.40. The molecule has 1 N–H and O–H groups in total. The summed E-state index contributed by atoms with van der Waals surface area (Å²) >= 11 is 12.3. The first kappa shape index (κ1) is 16.6. The average molecular weight is 376 g/mol. The van der Waals surface area contributed by atoms with E-state index >= 15 is 0 Å². The topological polar surface area (TPSA) is 62.3 Å². The van der Waals surface area contributed by atoms with Gasteiger partial charge in [-0.15, -0.1) is 0 Å². The van der Waals surface area contributed by atoms with E-state index in [1.54, 1.807) is 54.9 Å². The summed E-state index contributed by atoms with van der Waals surface area (Å²) in [7, 11) is 0. The summed E-state index contributed by atoms with van der Waals surface area (Å²) in [4.78, 5) is 29.1. The number of thiocarbonyl (C=S) groups is 1. The van der Waals surface area contributed by atoms with Crippen LogP contribution in [0.3, 0.4) is 0 Å². The SMILES string of the molecule is O=C(NN1C(=O)/C(=C/c2ccncc2)SC1=S)c1ccccc1Cl. The maximum absolute atomic E-state index is 12.5. The molecule has 24 heavy (non-hydrogen) atoms. The Balaban J connectivity index is 1.79. The molecule has 0 radical (unpaired) electrons. The molecule has 0 spiro atoms. The van der Waals surface area contributed by atoms with E-state index < -0.39 is 5.91 Å². The van der Waals surface area contributed by atoms with Gasteiger partial charge in [-0.05, 0) is 48.1 Å². The van der Waals surface area contributed by atoms with Crippen molar-refractivity contribution in [2.45, 2.75) is 0 Å². The van der Waals surface area contributed by atoms with E-state index in [1.165, 1.54) is 0 Å². The number of nitrogens with one attached hydrogen (secondary N) is 1. The van der Waals surface area contributed by atoms with E-state index in [4.69, 9.17) is 23.8 Å². The molecular weight excluding hydrogens is 366 g/mol. The van der Waals surface area contributed by atoms with Gasteiger partial charge >= 0.3 is 0 Å². The fraction of sp³-hybridized carbons (Fsp3) is 0. The van der Waals surface area contributed by atoms with E-state index in [-0.39, 0.29) is 15.8 Å². The normalized spacial score (nSPS) is 15.9. The second kappa shape index (κ2) is 7.12. The van der Waals surface area contributed by atoms with Crippen molar-refractivity contribution in [2.75, 3.05) is 0 Å². The largest absolute Gasteiger partial charge is 0.285 e. The molecule has 1 aliphatic rings. The zero-order valence-corrected chi connectivity index (χ0v) is 14.5. The summed E-state index contributed by atoms with van der Waals surface area (Å²) in [5, 5.41) is 1.35. The molecular formula is C16H10ClN3O2S2. The molecule has 120 valence electrons. The number of pyridine rings is 1. The van der Waals surface area contributed by atoms with Gasteiger partial charge in [-0.2, -0.15) is 5.01 Å². The number of rotatable bonds is 3. The number of hydrogen-bond acceptors (Lipinski definition) is 5. The van der Waals surface area contributed by atoms with Crippen LogP contribution in [0.4, 0.5) is 0 Å². The second-order valence-electron chi connectivity index (χ2n) is 4.72. The molecule has 1 fully saturated rings. The maximum Gasteiger partial charge on any atom is 0.285 e. The van der Waals surface area contributed by atoms with Gasteiger partial charge in [0.25, 0.3) is 11.8 Å². The van der Waals surface area contributed by atoms with E-state index in [0.29, 0.717) is 9.93 Å². The number of benzene rings is 1. The Bertz CT molecular complexity index is 855. The summed E-state index contributed by atoms with van der Waals surface area (Å²) in [5.74, 6) is -0.885. The van der Waals surface area contributed by atoms with Crippen LogP contribution in [-0.2, 0) is 4.79 Å². The number of hydrazine groups is 1. The van der Waals surface area contributed by atoms with Crippen molar-refractivity contribution in [3.05, 3.63) is 69.8 Å². The zero-order valence-electron chi connectivity index (χ0n) is 12.1. The lowest BCUT2D eigenvalue weighted by Crippen LogP contribution is -2.44. The molecule has 0 bridgehead atoms. The predicted molar refractivity (Wildman–Crippen MR) is 98.2 cm³/mol. The van der Waals surface area contributed by atoms with Gasteiger partial charge in [0.1, 0.15) is 0 Å². The van der Waals surface area contributed by atoms with Gasteiger partial charge in [0.2, 0.25) is 0 Å². The zero-order chi connectivity index (χ0) is 17.1. The molecule has 1 aliphatic heterocycles. The minimum absolute atomic E-state index is 0.251. The number of hydrogen-bond donors (Lipinski definition) is 1. The highest BCUT2D eigenvalue weighted by Gasteiger charge is 2.34. The summed E-state index contributed by atoms with van der Waals surface area (Å²) in [6.45, 7) is 0. The number of thioether (sulfide) groups is 1. The van der Waals surface area contributed by atoms with Gasteiger partial charge in [-0.1, -0.05) is 35.5 Å². The van der Waals surface area contributed by atoms with Crippen LogP contribution >= 0.6 is 35.6 Å². The van der Waals surface area contributed by atoms with Gasteiger partial charge in [-0.25, -0.2) is 0 Å². The molecule has 1 saturated heterocycles. The highest BCUT2D eigenvalue weighted by Crippen LogP contribution is 2.31. The number of nitrogens with zero attached hydrogens (tertiary/aromatic N) is 2. The van der Waals surface area contributed by atoms with Crippen LogP contribution < -0.4 is 5.43 Å². The fourth-order valence-corrected chi connectivity index (χ4v) is 3.38. The predicted octanol–water partition coefficient (Wildman–Crippen LogP) is 3.28. The lowest BCUT2D eigenvalue weighted by Gasteiger charge is -2.16. The van der Waals surface area contributed by atoms with Crippen LogP contribution in [0, 0.1) is 0 Å². The third-order valence-corrected chi connectivity index (χ3v) is 4.76. The van der Waals surface area contributed by atoms with Crippen molar-refractivity contribution in [1.82, 2.24) is 15.4 Å². The third-order valence-electron chi connectivity index (χ3n) is 3.13. The molecule has 1 aromatic carbocycles. The van der Waals surface area contributed by atoms with E-state index in [0.717, 1.165) is 22.3 Å². The number of carbonyl (C=O) groups is 2. The molecule has 3 rings (SSSR count). The van der Waals surface area contributed by atoms with E-state index in [2.05, 4.69) is 10.4 Å². The molecule has 2 amide bonds. The number of amides is 2. The molecule has 2 heterocycles. The molecule has 0 unspecified atom stereocenters. The van der Waals surface area contributed by atoms with E-state index in [9.17, 15) is 9.59 Å². The van der Waals surface area contributed by atoms with Crippen LogP contribution in [-0.4, -0.2) is 26.1 Å². The molecule has 8 heteroatoms. The Morgan fingerprint density at radius 3 is 2.67 bits per heavy atom. The third kappa shape index (κ3) is 3.48. The summed E-state index contributed by atoms with van der Waals surface area (Å²) in [6, 6.07) is 10.1. The number of carbonyl (C=O) groups excluding carboxylic acids is 2. The highest BCUT2D eigenvalue weighted by atomic mass is 35.5. The van der Waals surface area contributed by atoms with Gasteiger partial charge < -0.3 is 0 Å². The first-order valence-electron chi connectivity index (χ1n) is 6.80. The van der Waals surface area contributed by atoms with Gasteiger partial charge in [0.15, 0.2) is 4.32 Å². The summed E-state index contributed by atoms with van der Waals surface area (Å²) < 4.78 is 0.251. The molecule has 5 nitrogen and oxygen atoms in total. The van der Waals surface area contributed by atoms with Crippen molar-refractivity contribution in [3.63, 3.8) is 0 Å². The monoisotopic (exact) mass is 375 g/mol. The van der Waals surface area contributed by atoms with Crippen LogP contribution in [0.15, 0.2) is 53.7 Å². The van der Waals surface area contributed by atoms with Crippen molar-refractivity contribution < 1.29 is 9.59 Å². The van der Waals surface area contributed by atoms with Gasteiger partial charge in [-0.3, -0.25) is 20.0 Å². The number of halogens is 1. The fourth-order valence-electron chi connectivity index (χ4n) is 1.98. The van der Waals surface area contributed by atoms with Crippen molar-refractivity contribution in [3.8, 4) is 0 Å². The van der Waals surface area contributed by atoms with Gasteiger partial charge in [0.05, 0.1) is 15.5 Å². The molecule has 0 atom stereocenters. The maximum atomic E-state index is 12.5. The van der Waals surface area contributed by atoms with E-state index in [1.807, 2.05) is 0 Å². The summed E-state index contributed by atoms with van der Waals surface area (Å²) in [6.07, 6.45) is 4.96. The smallest absolute Gasteiger partial charge is 0.267 e. The van der Waals surface area contributed by atoms with Crippen LogP contribution in [0.25, 0.3) is 6.08 Å². The van der Waals surface area contributed by atoms with Crippen LogP contribution in [0.2, 0.25) is 5.02 Å². The van der Waals surface area contributed by atoms with Crippen molar-refractivity contribution in [1.29, 1.82) is 0 Å². The average Bonchev–Trinajstić information content (AvgIpc) is 2.83. The first-order chi connectivity index (χ1) is 11.6. The van der Waals surface area contributed by atoms with Crippen molar-refractivity contribution >= 4 is 57.8 Å². The lowest BCUT2D eigenvalue weighted by atomic mass is 10.2. The summed E-state index contributed by atoms with van der Waals surface area (Å²) in [5.41, 5.74) is 3.59. The van der Waals surface area contributed by atoms with Gasteiger partial charge in [0, 0.05) is 12.4 Å². The molecule has 1 aromatic heterocycles. The Morgan fingerprint density at radius 1 is 1.25 bits per heavy atom. The minimum atomic E-state index is -0.498. The van der Waals surface area contributed by atoms with Crippen molar-refractivity contribution in [2.24, 2.45) is 0 Å². The molecule has 2 aromatic rings. The Kier molecular flexibility index (Phi) is 4.94. The lowest BCUT2D eigenvalue weighted by molar-refractivity contribution is -0.123. The Labute approximate surface area is 152 Å². The van der Waals surface area contributed by atoms with Crippen LogP contribution in [0.1, 0.15) is 15.9 Å². The number of aromatic nitrogens is 1. The Morgan fingerprint density at radius 2 is 1.96 bits per heavy atom.